The summed E-state index contributed by atoms with van der Waals surface area (Å²) in [6.45, 7) is 3.58. The second-order valence-electron chi connectivity index (χ2n) is 2.87. The molecule has 0 N–H and O–H groups in total. The van der Waals surface area contributed by atoms with Crippen molar-refractivity contribution in [2.75, 3.05) is 0 Å². The van der Waals surface area contributed by atoms with E-state index in [1.165, 1.54) is 6.26 Å². The molecule has 58 valence electrons. The third-order valence-electron chi connectivity index (χ3n) is 2.01. The van der Waals surface area contributed by atoms with E-state index in [0.717, 1.165) is 5.56 Å². The van der Waals surface area contributed by atoms with E-state index in [1.807, 2.05) is 0 Å². The Morgan fingerprint density at radius 3 is 2.91 bits per heavy atom. The minimum Gasteiger partial charge on any atom is -0.465 e. The fraction of sp³-hybridized carbons (Fsp3) is 0.333. The standard InChI is InChI=1S/C9H9FO/c1-2-7-3-6-11-8(7)9(10)4-5-9/h2-3,6H,1,4-5H2. The largest absolute Gasteiger partial charge is 0.465 e. The van der Waals surface area contributed by atoms with Gasteiger partial charge in [0.05, 0.1) is 6.26 Å². The smallest absolute Gasteiger partial charge is 0.169 e. The van der Waals surface area contributed by atoms with Crippen LogP contribution in [-0.2, 0) is 5.67 Å². The Morgan fingerprint density at radius 1 is 1.64 bits per heavy atom. The van der Waals surface area contributed by atoms with Crippen LogP contribution in [0.4, 0.5) is 4.39 Å². The maximum absolute atomic E-state index is 13.4. The van der Waals surface area contributed by atoms with Crippen LogP contribution in [0.25, 0.3) is 6.08 Å². The molecule has 0 spiro atoms. The lowest BCUT2D eigenvalue weighted by molar-refractivity contribution is 0.261. The first-order valence-corrected chi connectivity index (χ1v) is 3.65. The molecular weight excluding hydrogens is 143 g/mol. The molecule has 0 radical (unpaired) electrons. The molecule has 1 fully saturated rings. The van der Waals surface area contributed by atoms with Gasteiger partial charge >= 0.3 is 0 Å². The third kappa shape index (κ3) is 0.897. The molecular formula is C9H9FO. The van der Waals surface area contributed by atoms with Crippen LogP contribution < -0.4 is 0 Å². The molecule has 11 heavy (non-hydrogen) atoms. The van der Waals surface area contributed by atoms with Crippen LogP contribution in [0.15, 0.2) is 23.3 Å². The molecule has 1 nitrogen and oxygen atoms in total. The second kappa shape index (κ2) is 1.97. The summed E-state index contributed by atoms with van der Waals surface area (Å²) in [4.78, 5) is 0. The van der Waals surface area contributed by atoms with Crippen molar-refractivity contribution in [1.82, 2.24) is 0 Å². The zero-order chi connectivity index (χ0) is 7.90. The lowest BCUT2D eigenvalue weighted by atomic mass is 10.1. The second-order valence-corrected chi connectivity index (χ2v) is 2.87. The van der Waals surface area contributed by atoms with Gasteiger partial charge in [0.25, 0.3) is 0 Å². The molecule has 0 bridgehead atoms. The van der Waals surface area contributed by atoms with E-state index in [2.05, 4.69) is 6.58 Å². The van der Waals surface area contributed by atoms with Gasteiger partial charge in [-0.3, -0.25) is 0 Å². The van der Waals surface area contributed by atoms with E-state index in [0.29, 0.717) is 18.6 Å². The van der Waals surface area contributed by atoms with Gasteiger partial charge in [-0.15, -0.1) is 0 Å². The number of halogens is 1. The molecule has 1 aromatic heterocycles. The minimum atomic E-state index is -1.17. The number of rotatable bonds is 2. The van der Waals surface area contributed by atoms with Crippen LogP contribution in [0.5, 0.6) is 0 Å². The highest BCUT2D eigenvalue weighted by atomic mass is 19.1. The van der Waals surface area contributed by atoms with E-state index in [-0.39, 0.29) is 0 Å². The topological polar surface area (TPSA) is 13.1 Å². The first kappa shape index (κ1) is 6.65. The van der Waals surface area contributed by atoms with Crippen molar-refractivity contribution in [2.45, 2.75) is 18.5 Å². The van der Waals surface area contributed by atoms with Crippen molar-refractivity contribution in [2.24, 2.45) is 0 Å². The Balaban J connectivity index is 2.43. The summed E-state index contributed by atoms with van der Waals surface area (Å²) in [5, 5.41) is 0. The van der Waals surface area contributed by atoms with Gasteiger partial charge < -0.3 is 4.42 Å². The van der Waals surface area contributed by atoms with E-state index in [4.69, 9.17) is 4.42 Å². The minimum absolute atomic E-state index is 0.451. The van der Waals surface area contributed by atoms with Gasteiger partial charge in [-0.25, -0.2) is 4.39 Å². The van der Waals surface area contributed by atoms with Gasteiger partial charge in [-0.1, -0.05) is 12.7 Å². The van der Waals surface area contributed by atoms with Crippen LogP contribution in [0.2, 0.25) is 0 Å². The van der Waals surface area contributed by atoms with Crippen molar-refractivity contribution >= 4 is 6.08 Å². The van der Waals surface area contributed by atoms with Gasteiger partial charge in [0.1, 0.15) is 5.76 Å². The zero-order valence-corrected chi connectivity index (χ0v) is 6.14. The molecule has 1 heterocycles. The fourth-order valence-electron chi connectivity index (χ4n) is 1.18. The van der Waals surface area contributed by atoms with Gasteiger partial charge in [-0.2, -0.15) is 0 Å². The number of furan rings is 1. The van der Waals surface area contributed by atoms with E-state index < -0.39 is 5.67 Å². The fourth-order valence-corrected chi connectivity index (χ4v) is 1.18. The average Bonchev–Trinajstić information content (AvgIpc) is 2.61. The molecule has 2 rings (SSSR count). The van der Waals surface area contributed by atoms with E-state index >= 15 is 0 Å². The summed E-state index contributed by atoms with van der Waals surface area (Å²) in [6, 6.07) is 1.74. The molecule has 0 atom stereocenters. The lowest BCUT2D eigenvalue weighted by Gasteiger charge is -2.00. The molecule has 0 unspecified atom stereocenters. The molecule has 0 amide bonds. The maximum atomic E-state index is 13.4. The van der Waals surface area contributed by atoms with Crippen molar-refractivity contribution in [1.29, 1.82) is 0 Å². The molecule has 1 saturated carbocycles. The average molecular weight is 152 g/mol. The molecule has 0 aromatic carbocycles. The molecule has 1 aliphatic carbocycles. The molecule has 1 aliphatic rings. The number of hydrogen-bond acceptors (Lipinski definition) is 1. The maximum Gasteiger partial charge on any atom is 0.169 e. The number of hydrogen-bond donors (Lipinski definition) is 0. The van der Waals surface area contributed by atoms with Gasteiger partial charge in [-0.05, 0) is 18.9 Å². The van der Waals surface area contributed by atoms with Crippen molar-refractivity contribution in [3.8, 4) is 0 Å². The summed E-state index contributed by atoms with van der Waals surface area (Å²) < 4.78 is 18.4. The summed E-state index contributed by atoms with van der Waals surface area (Å²) in [5.41, 5.74) is -0.391. The Hall–Kier alpha value is -1.05. The van der Waals surface area contributed by atoms with Crippen LogP contribution >= 0.6 is 0 Å². The highest BCUT2D eigenvalue weighted by molar-refractivity contribution is 5.51. The Bertz CT molecular complexity index is 284. The summed E-state index contributed by atoms with van der Waals surface area (Å²) in [5.74, 6) is 0.451. The third-order valence-corrected chi connectivity index (χ3v) is 2.01. The Kier molecular flexibility index (Phi) is 1.19. The van der Waals surface area contributed by atoms with Crippen LogP contribution in [0.1, 0.15) is 24.2 Å². The van der Waals surface area contributed by atoms with Gasteiger partial charge in [0, 0.05) is 5.56 Å². The van der Waals surface area contributed by atoms with Gasteiger partial charge in [0.2, 0.25) is 0 Å². The quantitative estimate of drug-likeness (QED) is 0.635. The van der Waals surface area contributed by atoms with Crippen molar-refractivity contribution in [3.63, 3.8) is 0 Å². The first-order chi connectivity index (χ1) is 5.26. The molecule has 0 aliphatic heterocycles. The first-order valence-electron chi connectivity index (χ1n) is 3.65. The van der Waals surface area contributed by atoms with Gasteiger partial charge in [0.15, 0.2) is 5.67 Å². The highest BCUT2D eigenvalue weighted by Gasteiger charge is 2.48. The molecule has 1 aromatic rings. The van der Waals surface area contributed by atoms with Crippen LogP contribution in [0, 0.1) is 0 Å². The normalized spacial score (nSPS) is 19.7. The Labute approximate surface area is 64.5 Å². The predicted octanol–water partition coefficient (Wildman–Crippen LogP) is 2.88. The van der Waals surface area contributed by atoms with E-state index in [9.17, 15) is 4.39 Å². The van der Waals surface area contributed by atoms with Crippen LogP contribution in [-0.4, -0.2) is 0 Å². The van der Waals surface area contributed by atoms with Crippen molar-refractivity contribution in [3.05, 3.63) is 30.2 Å². The summed E-state index contributed by atoms with van der Waals surface area (Å²) in [6.07, 6.45) is 4.30. The predicted molar refractivity (Wildman–Crippen MR) is 40.8 cm³/mol. The SMILES string of the molecule is C=Cc1ccoc1C1(F)CC1. The highest BCUT2D eigenvalue weighted by Crippen LogP contribution is 2.51. The van der Waals surface area contributed by atoms with Crippen LogP contribution in [0.3, 0.4) is 0 Å². The monoisotopic (exact) mass is 152 g/mol. The molecule has 0 saturated heterocycles. The zero-order valence-electron chi connectivity index (χ0n) is 6.14. The molecule has 2 heteroatoms. The number of alkyl halides is 1. The van der Waals surface area contributed by atoms with E-state index in [1.54, 1.807) is 12.1 Å². The van der Waals surface area contributed by atoms with Crippen molar-refractivity contribution < 1.29 is 8.81 Å². The Morgan fingerprint density at radius 2 is 2.36 bits per heavy atom. The lowest BCUT2D eigenvalue weighted by Crippen LogP contribution is -1.96. The summed E-state index contributed by atoms with van der Waals surface area (Å²) >= 11 is 0. The summed E-state index contributed by atoms with van der Waals surface area (Å²) in [7, 11) is 0.